The number of hydrogen-bond donors (Lipinski definition) is 1. The molecular weight excluding hydrogens is 220 g/mol. The molecule has 0 amide bonds. The maximum atomic E-state index is 3.67. The van der Waals surface area contributed by atoms with E-state index in [0.29, 0.717) is 6.04 Å². The van der Waals surface area contributed by atoms with E-state index in [4.69, 9.17) is 0 Å². The van der Waals surface area contributed by atoms with Gasteiger partial charge in [-0.3, -0.25) is 0 Å². The summed E-state index contributed by atoms with van der Waals surface area (Å²) < 4.78 is 0. The predicted octanol–water partition coefficient (Wildman–Crippen LogP) is 3.28. The lowest BCUT2D eigenvalue weighted by atomic mass is 10.0. The van der Waals surface area contributed by atoms with Gasteiger partial charge in [0.05, 0.1) is 0 Å². The van der Waals surface area contributed by atoms with Gasteiger partial charge in [-0.15, -0.1) is 0 Å². The average Bonchev–Trinajstić information content (AvgIpc) is 3.19. The molecule has 98 valence electrons. The maximum absolute atomic E-state index is 3.67. The molecule has 2 fully saturated rings. The molecule has 1 heterocycles. The zero-order chi connectivity index (χ0) is 12.4. The van der Waals surface area contributed by atoms with Crippen LogP contribution < -0.4 is 5.32 Å². The van der Waals surface area contributed by atoms with E-state index in [9.17, 15) is 0 Å². The molecule has 0 radical (unpaired) electrons. The fourth-order valence-corrected chi connectivity index (χ4v) is 2.81. The van der Waals surface area contributed by atoms with Crippen molar-refractivity contribution in [3.8, 4) is 0 Å². The van der Waals surface area contributed by atoms with Crippen molar-refractivity contribution in [2.24, 2.45) is 5.92 Å². The fraction of sp³-hybridized carbons (Fsp3) is 0.625. The first kappa shape index (κ1) is 12.0. The Morgan fingerprint density at radius 2 is 1.72 bits per heavy atom. The van der Waals surface area contributed by atoms with E-state index >= 15 is 0 Å². The fourth-order valence-electron chi connectivity index (χ4n) is 2.81. The number of likely N-dealkylation sites (tertiary alicyclic amines) is 1. The van der Waals surface area contributed by atoms with Crippen LogP contribution in [-0.4, -0.2) is 30.6 Å². The Balaban J connectivity index is 1.45. The highest BCUT2D eigenvalue weighted by molar-refractivity contribution is 5.45. The number of nitrogens with zero attached hydrogens (tertiary/aromatic N) is 1. The monoisotopic (exact) mass is 244 g/mol. The van der Waals surface area contributed by atoms with Crippen molar-refractivity contribution < 1.29 is 0 Å². The van der Waals surface area contributed by atoms with Gasteiger partial charge in [0.1, 0.15) is 0 Å². The molecule has 3 rings (SSSR count). The number of anilines is 1. The highest BCUT2D eigenvalue weighted by Crippen LogP contribution is 2.30. The predicted molar refractivity (Wildman–Crippen MR) is 77.0 cm³/mol. The van der Waals surface area contributed by atoms with Crippen molar-refractivity contribution in [2.75, 3.05) is 25.0 Å². The van der Waals surface area contributed by atoms with Crippen molar-refractivity contribution in [3.05, 3.63) is 29.8 Å². The molecule has 0 atom stereocenters. The quantitative estimate of drug-likeness (QED) is 0.874. The van der Waals surface area contributed by atoms with Gasteiger partial charge < -0.3 is 10.2 Å². The number of benzene rings is 1. The largest absolute Gasteiger partial charge is 0.382 e. The summed E-state index contributed by atoms with van der Waals surface area (Å²) in [4.78, 5) is 2.66. The SMILES string of the molecule is Cc1ccc(NC2CCN(CC3CC3)CC2)cc1. The van der Waals surface area contributed by atoms with Crippen LogP contribution in [0.25, 0.3) is 0 Å². The van der Waals surface area contributed by atoms with Crippen LogP contribution in [0.15, 0.2) is 24.3 Å². The van der Waals surface area contributed by atoms with Crippen molar-refractivity contribution in [2.45, 2.75) is 38.6 Å². The molecule has 0 bridgehead atoms. The van der Waals surface area contributed by atoms with E-state index < -0.39 is 0 Å². The molecule has 2 nitrogen and oxygen atoms in total. The Morgan fingerprint density at radius 1 is 1.06 bits per heavy atom. The van der Waals surface area contributed by atoms with Gasteiger partial charge in [0, 0.05) is 31.4 Å². The smallest absolute Gasteiger partial charge is 0.0342 e. The summed E-state index contributed by atoms with van der Waals surface area (Å²) >= 11 is 0. The van der Waals surface area contributed by atoms with E-state index in [1.807, 2.05) is 0 Å². The van der Waals surface area contributed by atoms with Gasteiger partial charge in [0.25, 0.3) is 0 Å². The molecule has 0 aromatic heterocycles. The lowest BCUT2D eigenvalue weighted by molar-refractivity contribution is 0.211. The van der Waals surface area contributed by atoms with Crippen LogP contribution in [0, 0.1) is 12.8 Å². The van der Waals surface area contributed by atoms with Gasteiger partial charge in [-0.2, -0.15) is 0 Å². The first-order valence-corrected chi connectivity index (χ1v) is 7.35. The minimum atomic E-state index is 0.670. The molecule has 1 aromatic carbocycles. The van der Waals surface area contributed by atoms with Crippen molar-refractivity contribution in [1.29, 1.82) is 0 Å². The molecule has 2 aliphatic rings. The zero-order valence-electron chi connectivity index (χ0n) is 11.4. The minimum absolute atomic E-state index is 0.670. The molecule has 1 aromatic rings. The second kappa shape index (κ2) is 5.31. The number of hydrogen-bond acceptors (Lipinski definition) is 2. The summed E-state index contributed by atoms with van der Waals surface area (Å²) in [5.74, 6) is 1.03. The van der Waals surface area contributed by atoms with Gasteiger partial charge in [-0.05, 0) is 50.7 Å². The van der Waals surface area contributed by atoms with Crippen LogP contribution in [0.5, 0.6) is 0 Å². The number of aryl methyl sites for hydroxylation is 1. The Hall–Kier alpha value is -1.02. The summed E-state index contributed by atoms with van der Waals surface area (Å²) in [7, 11) is 0. The number of rotatable bonds is 4. The molecule has 1 N–H and O–H groups in total. The standard InChI is InChI=1S/C16H24N2/c1-13-2-6-15(7-3-13)17-16-8-10-18(11-9-16)12-14-4-5-14/h2-3,6-7,14,16-17H,4-5,8-12H2,1H3. The van der Waals surface area contributed by atoms with Gasteiger partial charge in [0.15, 0.2) is 0 Å². The van der Waals surface area contributed by atoms with Crippen LogP contribution in [-0.2, 0) is 0 Å². The second-order valence-electron chi connectivity index (χ2n) is 6.03. The first-order valence-electron chi connectivity index (χ1n) is 7.35. The highest BCUT2D eigenvalue weighted by Gasteiger charge is 2.26. The van der Waals surface area contributed by atoms with Crippen LogP contribution in [0.1, 0.15) is 31.2 Å². The lowest BCUT2D eigenvalue weighted by Gasteiger charge is -2.32. The van der Waals surface area contributed by atoms with Gasteiger partial charge in [0.2, 0.25) is 0 Å². The van der Waals surface area contributed by atoms with Crippen LogP contribution in [0.2, 0.25) is 0 Å². The van der Waals surface area contributed by atoms with Crippen LogP contribution >= 0.6 is 0 Å². The maximum Gasteiger partial charge on any atom is 0.0342 e. The molecule has 0 unspecified atom stereocenters. The van der Waals surface area contributed by atoms with Crippen molar-refractivity contribution in [3.63, 3.8) is 0 Å². The van der Waals surface area contributed by atoms with Crippen LogP contribution in [0.3, 0.4) is 0 Å². The molecule has 1 aliphatic carbocycles. The summed E-state index contributed by atoms with van der Waals surface area (Å²) in [6.07, 6.45) is 5.53. The third kappa shape index (κ3) is 3.26. The third-order valence-corrected chi connectivity index (χ3v) is 4.22. The molecule has 2 heteroatoms. The average molecular weight is 244 g/mol. The first-order chi connectivity index (χ1) is 8.79. The molecule has 1 saturated heterocycles. The Morgan fingerprint density at radius 3 is 2.33 bits per heavy atom. The molecule has 0 spiro atoms. The molecule has 1 aliphatic heterocycles. The number of piperidine rings is 1. The van der Waals surface area contributed by atoms with E-state index in [0.717, 1.165) is 5.92 Å². The highest BCUT2D eigenvalue weighted by atomic mass is 15.1. The minimum Gasteiger partial charge on any atom is -0.382 e. The van der Waals surface area contributed by atoms with Gasteiger partial charge in [-0.25, -0.2) is 0 Å². The van der Waals surface area contributed by atoms with Crippen LogP contribution in [0.4, 0.5) is 5.69 Å². The summed E-state index contributed by atoms with van der Waals surface area (Å²) in [5.41, 5.74) is 2.61. The summed E-state index contributed by atoms with van der Waals surface area (Å²) in [6, 6.07) is 9.44. The van der Waals surface area contributed by atoms with E-state index in [1.165, 1.54) is 56.6 Å². The second-order valence-corrected chi connectivity index (χ2v) is 6.03. The molecule has 1 saturated carbocycles. The topological polar surface area (TPSA) is 15.3 Å². The third-order valence-electron chi connectivity index (χ3n) is 4.22. The van der Waals surface area contributed by atoms with Gasteiger partial charge >= 0.3 is 0 Å². The molecular formula is C16H24N2. The van der Waals surface area contributed by atoms with Crippen molar-refractivity contribution in [1.82, 2.24) is 4.90 Å². The Bertz CT molecular complexity index is 373. The number of nitrogens with one attached hydrogen (secondary N) is 1. The Labute approximate surface area is 110 Å². The molecule has 18 heavy (non-hydrogen) atoms. The van der Waals surface area contributed by atoms with Gasteiger partial charge in [-0.1, -0.05) is 17.7 Å². The summed E-state index contributed by atoms with van der Waals surface area (Å²) in [5, 5.41) is 3.67. The summed E-state index contributed by atoms with van der Waals surface area (Å²) in [6.45, 7) is 6.05. The van der Waals surface area contributed by atoms with Crippen molar-refractivity contribution >= 4 is 5.69 Å². The lowest BCUT2D eigenvalue weighted by Crippen LogP contribution is -2.39. The Kier molecular flexibility index (Phi) is 3.55. The van der Waals surface area contributed by atoms with E-state index in [2.05, 4.69) is 41.4 Å². The zero-order valence-corrected chi connectivity index (χ0v) is 11.4. The normalized spacial score (nSPS) is 22.1. The van der Waals surface area contributed by atoms with E-state index in [1.54, 1.807) is 0 Å². The van der Waals surface area contributed by atoms with E-state index in [-0.39, 0.29) is 0 Å².